The normalized spacial score (nSPS) is 17.8. The van der Waals surface area contributed by atoms with E-state index in [1.54, 1.807) is 6.20 Å². The van der Waals surface area contributed by atoms with Gasteiger partial charge in [0.2, 0.25) is 11.9 Å². The molecule has 0 spiro atoms. The van der Waals surface area contributed by atoms with Gasteiger partial charge in [0.1, 0.15) is 11.3 Å². The van der Waals surface area contributed by atoms with E-state index >= 15 is 0 Å². The first kappa shape index (κ1) is 23.6. The summed E-state index contributed by atoms with van der Waals surface area (Å²) in [6, 6.07) is 6.23. The molecule has 1 aliphatic rings. The van der Waals surface area contributed by atoms with Crippen LogP contribution in [0.5, 0.6) is 0 Å². The number of amides is 1. The maximum absolute atomic E-state index is 11.7. The van der Waals surface area contributed by atoms with Crippen molar-refractivity contribution >= 4 is 51.8 Å². The summed E-state index contributed by atoms with van der Waals surface area (Å²) in [5.41, 5.74) is 1.14. The van der Waals surface area contributed by atoms with Gasteiger partial charge in [-0.05, 0) is 49.8 Å². The molecule has 4 N–H and O–H groups in total. The van der Waals surface area contributed by atoms with Crippen LogP contribution in [0.25, 0.3) is 10.9 Å². The van der Waals surface area contributed by atoms with Crippen molar-refractivity contribution in [3.8, 4) is 0 Å². The summed E-state index contributed by atoms with van der Waals surface area (Å²) < 4.78 is 0. The van der Waals surface area contributed by atoms with Crippen LogP contribution < -0.4 is 16.0 Å². The van der Waals surface area contributed by atoms with E-state index in [0.717, 1.165) is 43.4 Å². The molecule has 0 aliphatic heterocycles. The summed E-state index contributed by atoms with van der Waals surface area (Å²) in [7, 11) is 0. The summed E-state index contributed by atoms with van der Waals surface area (Å²) in [5.74, 6) is 0.432. The third-order valence-electron chi connectivity index (χ3n) is 5.81. The van der Waals surface area contributed by atoms with Gasteiger partial charge in [-0.25, -0.2) is 19.9 Å². The number of fused-ring (bicyclic) bond motifs is 1. The lowest BCUT2D eigenvalue weighted by Gasteiger charge is -2.29. The fourth-order valence-corrected chi connectivity index (χ4v) is 4.19. The van der Waals surface area contributed by atoms with Gasteiger partial charge in [0.15, 0.2) is 5.15 Å². The van der Waals surface area contributed by atoms with E-state index in [-0.39, 0.29) is 18.7 Å². The summed E-state index contributed by atoms with van der Waals surface area (Å²) in [6.07, 6.45) is 8.60. The van der Waals surface area contributed by atoms with Crippen LogP contribution in [0.4, 0.5) is 17.5 Å². The number of rotatable bonds is 9. The molecule has 178 valence electrons. The number of carbonyl (C=O) groups is 2. The average molecular weight is 484 g/mol. The summed E-state index contributed by atoms with van der Waals surface area (Å²) >= 11 is 6.17. The van der Waals surface area contributed by atoms with Crippen molar-refractivity contribution in [2.75, 3.05) is 22.5 Å². The van der Waals surface area contributed by atoms with Gasteiger partial charge in [-0.1, -0.05) is 11.6 Å². The summed E-state index contributed by atoms with van der Waals surface area (Å²) in [4.78, 5) is 39.4. The van der Waals surface area contributed by atoms with Gasteiger partial charge in [0.05, 0.1) is 24.5 Å². The smallest absolute Gasteiger partial charge is 0.303 e. The predicted octanol–water partition coefficient (Wildman–Crippen LogP) is 3.96. The van der Waals surface area contributed by atoms with E-state index in [0.29, 0.717) is 34.3 Å². The molecule has 0 radical (unpaired) electrons. The number of halogens is 1. The van der Waals surface area contributed by atoms with E-state index in [2.05, 4.69) is 35.9 Å². The van der Waals surface area contributed by atoms with Crippen molar-refractivity contribution in [1.82, 2.24) is 19.9 Å². The molecule has 34 heavy (non-hydrogen) atoms. The predicted molar refractivity (Wildman–Crippen MR) is 130 cm³/mol. The second-order valence-corrected chi connectivity index (χ2v) is 8.71. The number of aliphatic carboxylic acids is 1. The Morgan fingerprint density at radius 1 is 1.03 bits per heavy atom. The first-order valence-corrected chi connectivity index (χ1v) is 11.6. The molecule has 11 heteroatoms. The SMILES string of the molecule is O=C(O)CCC(=O)Nc1cnc(NC[C@H]2CC[C@H](Nc3ccc4ccnc(Cl)c4n3)CC2)nc1. The van der Waals surface area contributed by atoms with Crippen molar-refractivity contribution in [3.05, 3.63) is 41.9 Å². The number of carbonyl (C=O) groups excluding carboxylic acids is 1. The van der Waals surface area contributed by atoms with Crippen LogP contribution in [0.1, 0.15) is 38.5 Å². The van der Waals surface area contributed by atoms with Crippen LogP contribution in [0.3, 0.4) is 0 Å². The zero-order valence-electron chi connectivity index (χ0n) is 18.5. The Morgan fingerprint density at radius 2 is 1.79 bits per heavy atom. The fourth-order valence-electron chi connectivity index (χ4n) is 3.98. The Morgan fingerprint density at radius 3 is 2.53 bits per heavy atom. The molecule has 1 saturated carbocycles. The van der Waals surface area contributed by atoms with Gasteiger partial charge in [-0.3, -0.25) is 9.59 Å². The van der Waals surface area contributed by atoms with Gasteiger partial charge in [0, 0.05) is 30.6 Å². The highest BCUT2D eigenvalue weighted by Gasteiger charge is 2.21. The lowest BCUT2D eigenvalue weighted by atomic mass is 9.86. The van der Waals surface area contributed by atoms with E-state index in [4.69, 9.17) is 16.7 Å². The van der Waals surface area contributed by atoms with Crippen LogP contribution in [0, 0.1) is 5.92 Å². The first-order chi connectivity index (χ1) is 16.5. The maximum atomic E-state index is 11.7. The molecule has 1 fully saturated rings. The second-order valence-electron chi connectivity index (χ2n) is 8.35. The van der Waals surface area contributed by atoms with Gasteiger partial charge in [0.25, 0.3) is 0 Å². The lowest BCUT2D eigenvalue weighted by molar-refractivity contribution is -0.138. The zero-order valence-corrected chi connectivity index (χ0v) is 19.3. The van der Waals surface area contributed by atoms with Gasteiger partial charge in [-0.2, -0.15) is 0 Å². The third kappa shape index (κ3) is 6.50. The van der Waals surface area contributed by atoms with Crippen LogP contribution in [0.2, 0.25) is 5.15 Å². The van der Waals surface area contributed by atoms with Crippen molar-refractivity contribution in [2.45, 2.75) is 44.6 Å². The molecule has 0 bridgehead atoms. The Kier molecular flexibility index (Phi) is 7.69. The van der Waals surface area contributed by atoms with Crippen LogP contribution >= 0.6 is 11.6 Å². The van der Waals surface area contributed by atoms with Crippen molar-refractivity contribution < 1.29 is 14.7 Å². The Hall–Kier alpha value is -3.53. The molecule has 10 nitrogen and oxygen atoms in total. The number of nitrogens with zero attached hydrogens (tertiary/aromatic N) is 4. The zero-order chi connectivity index (χ0) is 23.9. The largest absolute Gasteiger partial charge is 0.481 e. The van der Waals surface area contributed by atoms with E-state index < -0.39 is 5.97 Å². The number of anilines is 3. The minimum Gasteiger partial charge on any atom is -0.481 e. The number of carboxylic acids is 1. The highest BCUT2D eigenvalue weighted by atomic mass is 35.5. The highest BCUT2D eigenvalue weighted by molar-refractivity contribution is 6.33. The lowest BCUT2D eigenvalue weighted by Crippen LogP contribution is -2.29. The molecule has 3 aromatic rings. The maximum Gasteiger partial charge on any atom is 0.303 e. The second kappa shape index (κ2) is 11.1. The summed E-state index contributed by atoms with van der Waals surface area (Å²) in [6.45, 7) is 0.770. The number of aromatic nitrogens is 4. The topological polar surface area (TPSA) is 142 Å². The number of hydrogen-bond acceptors (Lipinski definition) is 8. The molecule has 1 aliphatic carbocycles. The van der Waals surface area contributed by atoms with Crippen LogP contribution in [-0.4, -0.2) is 49.5 Å². The standard InChI is InChI=1S/C23H26ClN7O3/c24-22-21-15(9-10-25-22)3-6-18(31-21)29-16-4-1-14(2-5-16)11-26-23-27-12-17(13-28-23)30-19(32)7-8-20(33)34/h3,6,9-10,12-14,16H,1-2,4-5,7-8,11H2,(H,29,31)(H,30,32)(H,33,34)(H,26,27,28)/t14-,16-. The Labute approximate surface area is 201 Å². The molecule has 4 rings (SSSR count). The van der Waals surface area contributed by atoms with E-state index in [1.165, 1.54) is 12.4 Å². The fraction of sp³-hybridized carbons (Fsp3) is 0.391. The molecule has 3 heterocycles. The molecule has 3 aromatic heterocycles. The monoisotopic (exact) mass is 483 g/mol. The molecular weight excluding hydrogens is 458 g/mol. The third-order valence-corrected chi connectivity index (χ3v) is 6.09. The van der Waals surface area contributed by atoms with Crippen LogP contribution in [-0.2, 0) is 9.59 Å². The Balaban J connectivity index is 1.20. The molecule has 0 saturated heterocycles. The van der Waals surface area contributed by atoms with Crippen LogP contribution in [0.15, 0.2) is 36.8 Å². The van der Waals surface area contributed by atoms with Gasteiger partial charge < -0.3 is 21.1 Å². The Bertz CT molecular complexity index is 1150. The first-order valence-electron chi connectivity index (χ1n) is 11.2. The highest BCUT2D eigenvalue weighted by Crippen LogP contribution is 2.27. The quantitative estimate of drug-likeness (QED) is 0.332. The number of pyridine rings is 2. The van der Waals surface area contributed by atoms with Gasteiger partial charge in [-0.15, -0.1) is 0 Å². The molecule has 0 aromatic carbocycles. The van der Waals surface area contributed by atoms with Crippen molar-refractivity contribution in [3.63, 3.8) is 0 Å². The van der Waals surface area contributed by atoms with Crippen molar-refractivity contribution in [1.29, 1.82) is 0 Å². The molecular formula is C23H26ClN7O3. The summed E-state index contributed by atoms with van der Waals surface area (Å²) in [5, 5.41) is 19.4. The minimum atomic E-state index is -1.01. The average Bonchev–Trinajstić information content (AvgIpc) is 2.84. The van der Waals surface area contributed by atoms with E-state index in [1.807, 2.05) is 18.2 Å². The number of carboxylic acid groups (broad SMARTS) is 1. The molecule has 0 unspecified atom stereocenters. The number of hydrogen-bond donors (Lipinski definition) is 4. The molecule has 1 amide bonds. The molecule has 0 atom stereocenters. The minimum absolute atomic E-state index is 0.0885. The van der Waals surface area contributed by atoms with E-state index in [9.17, 15) is 9.59 Å². The van der Waals surface area contributed by atoms with Gasteiger partial charge >= 0.3 is 5.97 Å². The van der Waals surface area contributed by atoms with Crippen molar-refractivity contribution in [2.24, 2.45) is 5.92 Å². The number of nitrogens with one attached hydrogen (secondary N) is 3.